The van der Waals surface area contributed by atoms with Crippen molar-refractivity contribution < 1.29 is 14.0 Å². The van der Waals surface area contributed by atoms with Crippen molar-refractivity contribution in [2.75, 3.05) is 0 Å². The maximum atomic E-state index is 13.5. The number of benzene rings is 1. The van der Waals surface area contributed by atoms with Crippen molar-refractivity contribution in [3.63, 3.8) is 0 Å². The number of carbonyl (C=O) groups excluding carboxylic acids is 2. The van der Waals surface area contributed by atoms with Crippen LogP contribution in [0, 0.1) is 12.7 Å². The van der Waals surface area contributed by atoms with E-state index in [0.29, 0.717) is 23.2 Å². The highest BCUT2D eigenvalue weighted by molar-refractivity contribution is 6.13. The van der Waals surface area contributed by atoms with Crippen LogP contribution in [0.25, 0.3) is 0 Å². The number of halogens is 1. The number of rotatable bonds is 5. The number of hydrogen-bond donors (Lipinski definition) is 0. The highest BCUT2D eigenvalue weighted by Gasteiger charge is 2.19. The fourth-order valence-corrected chi connectivity index (χ4v) is 2.14. The zero-order valence-electron chi connectivity index (χ0n) is 12.3. The molecule has 21 heavy (non-hydrogen) atoms. The van der Waals surface area contributed by atoms with E-state index in [1.54, 1.807) is 24.9 Å². The number of carbonyl (C=O) groups is 2. The Balaban J connectivity index is 2.18. The molecule has 0 radical (unpaired) electrons. The third-order valence-corrected chi connectivity index (χ3v) is 3.36. The first-order valence-electron chi connectivity index (χ1n) is 6.77. The summed E-state index contributed by atoms with van der Waals surface area (Å²) in [4.78, 5) is 24.3. The summed E-state index contributed by atoms with van der Waals surface area (Å²) < 4.78 is 15.0. The Morgan fingerprint density at radius 1 is 1.29 bits per heavy atom. The van der Waals surface area contributed by atoms with Gasteiger partial charge in [0.15, 0.2) is 11.6 Å². The summed E-state index contributed by atoms with van der Waals surface area (Å²) in [6.45, 7) is 3.52. The molecule has 0 amide bonds. The molecule has 0 bridgehead atoms. The third-order valence-electron chi connectivity index (χ3n) is 3.36. The fraction of sp³-hybridized carbons (Fsp3) is 0.312. The van der Waals surface area contributed by atoms with Gasteiger partial charge in [-0.25, -0.2) is 4.39 Å². The molecule has 110 valence electrons. The second-order valence-electron chi connectivity index (χ2n) is 5.00. The minimum Gasteiger partial charge on any atom is -0.294 e. The molecule has 2 aromatic rings. The number of Topliss-reactive ketones (excluding diaryl/α,β-unsaturated/α-hetero) is 2. The summed E-state index contributed by atoms with van der Waals surface area (Å²) in [5.74, 6) is -1.11. The normalized spacial score (nSPS) is 10.7. The second kappa shape index (κ2) is 5.99. The Hall–Kier alpha value is -2.30. The maximum Gasteiger partial charge on any atom is 0.174 e. The zero-order chi connectivity index (χ0) is 15.6. The molecule has 1 heterocycles. The van der Waals surface area contributed by atoms with Crippen LogP contribution in [-0.4, -0.2) is 21.3 Å². The van der Waals surface area contributed by atoms with Crippen LogP contribution in [0.15, 0.2) is 24.4 Å². The number of ketones is 2. The molecule has 5 heteroatoms. The van der Waals surface area contributed by atoms with Gasteiger partial charge >= 0.3 is 0 Å². The molecular formula is C16H17FN2O2. The van der Waals surface area contributed by atoms with Gasteiger partial charge in [-0.1, -0.05) is 19.1 Å². The van der Waals surface area contributed by atoms with Crippen LogP contribution in [0.3, 0.4) is 0 Å². The molecule has 0 atom stereocenters. The molecule has 1 aromatic carbocycles. The van der Waals surface area contributed by atoms with Crippen molar-refractivity contribution in [1.82, 2.24) is 9.78 Å². The molecule has 0 aliphatic heterocycles. The first-order chi connectivity index (χ1) is 9.92. The Morgan fingerprint density at radius 2 is 2.00 bits per heavy atom. The molecule has 2 rings (SSSR count). The van der Waals surface area contributed by atoms with Gasteiger partial charge in [-0.15, -0.1) is 0 Å². The monoisotopic (exact) mass is 288 g/mol. The van der Waals surface area contributed by atoms with Crippen molar-refractivity contribution in [2.45, 2.75) is 26.7 Å². The van der Waals surface area contributed by atoms with Crippen molar-refractivity contribution in [1.29, 1.82) is 0 Å². The molecule has 0 saturated heterocycles. The van der Waals surface area contributed by atoms with Gasteiger partial charge in [0.25, 0.3) is 0 Å². The number of nitrogens with zero attached hydrogens (tertiary/aromatic N) is 2. The quantitative estimate of drug-likeness (QED) is 0.628. The third kappa shape index (κ3) is 3.24. The van der Waals surface area contributed by atoms with Gasteiger partial charge < -0.3 is 0 Å². The van der Waals surface area contributed by atoms with Crippen LogP contribution < -0.4 is 0 Å². The first-order valence-corrected chi connectivity index (χ1v) is 6.77. The lowest BCUT2D eigenvalue weighted by molar-refractivity contribution is 0.0893. The molecule has 0 fully saturated rings. The molecule has 0 N–H and O–H groups in total. The average molecular weight is 288 g/mol. The Bertz CT molecular complexity index is 704. The highest BCUT2D eigenvalue weighted by atomic mass is 19.1. The van der Waals surface area contributed by atoms with Gasteiger partial charge in [0.2, 0.25) is 0 Å². The van der Waals surface area contributed by atoms with E-state index in [-0.39, 0.29) is 23.6 Å². The molecule has 0 saturated carbocycles. The van der Waals surface area contributed by atoms with Crippen molar-refractivity contribution in [2.24, 2.45) is 7.05 Å². The molecule has 0 aliphatic carbocycles. The fourth-order valence-electron chi connectivity index (χ4n) is 2.14. The van der Waals surface area contributed by atoms with Crippen LogP contribution in [0.1, 0.15) is 45.3 Å². The van der Waals surface area contributed by atoms with E-state index in [1.165, 1.54) is 18.2 Å². The molecule has 1 aromatic heterocycles. The summed E-state index contributed by atoms with van der Waals surface area (Å²) in [6, 6.07) is 4.25. The number of hydrogen-bond acceptors (Lipinski definition) is 3. The predicted molar refractivity (Wildman–Crippen MR) is 77.0 cm³/mol. The molecule has 0 aliphatic rings. The van der Waals surface area contributed by atoms with E-state index in [4.69, 9.17) is 0 Å². The Labute approximate surface area is 122 Å². The summed E-state index contributed by atoms with van der Waals surface area (Å²) in [5, 5.41) is 4.18. The van der Waals surface area contributed by atoms with E-state index >= 15 is 0 Å². The minimum absolute atomic E-state index is 0.216. The average Bonchev–Trinajstić information content (AvgIpc) is 2.83. The summed E-state index contributed by atoms with van der Waals surface area (Å²) in [6.07, 6.45) is 1.96. The minimum atomic E-state index is -0.441. The lowest BCUT2D eigenvalue weighted by Crippen LogP contribution is -2.10. The summed E-state index contributed by atoms with van der Waals surface area (Å²) in [7, 11) is 1.73. The topological polar surface area (TPSA) is 52.0 Å². The zero-order valence-corrected chi connectivity index (χ0v) is 12.3. The lowest BCUT2D eigenvalue weighted by Gasteiger charge is -2.03. The van der Waals surface area contributed by atoms with Crippen molar-refractivity contribution in [3.05, 3.63) is 52.6 Å². The lowest BCUT2D eigenvalue weighted by atomic mass is 10.0. The van der Waals surface area contributed by atoms with Gasteiger partial charge in [-0.05, 0) is 25.0 Å². The van der Waals surface area contributed by atoms with E-state index in [0.717, 1.165) is 0 Å². The van der Waals surface area contributed by atoms with Gasteiger partial charge in [0.05, 0.1) is 17.7 Å². The van der Waals surface area contributed by atoms with Gasteiger partial charge in [0, 0.05) is 18.8 Å². The van der Waals surface area contributed by atoms with Crippen molar-refractivity contribution >= 4 is 11.6 Å². The van der Waals surface area contributed by atoms with Gasteiger partial charge in [-0.2, -0.15) is 5.10 Å². The Kier molecular flexibility index (Phi) is 4.31. The Morgan fingerprint density at radius 3 is 2.62 bits per heavy atom. The second-order valence-corrected chi connectivity index (χ2v) is 5.00. The maximum absolute atomic E-state index is 13.5. The van der Waals surface area contributed by atoms with E-state index in [2.05, 4.69) is 5.10 Å². The van der Waals surface area contributed by atoms with Crippen molar-refractivity contribution in [3.8, 4) is 0 Å². The predicted octanol–water partition coefficient (Wildman–Crippen LogP) is 2.89. The molecule has 0 spiro atoms. The van der Waals surface area contributed by atoms with E-state index in [1.807, 2.05) is 6.92 Å². The largest absolute Gasteiger partial charge is 0.294 e. The van der Waals surface area contributed by atoms with Crippen LogP contribution in [0.4, 0.5) is 4.39 Å². The van der Waals surface area contributed by atoms with Gasteiger partial charge in [-0.3, -0.25) is 14.3 Å². The van der Waals surface area contributed by atoms with Crippen LogP contribution >= 0.6 is 0 Å². The van der Waals surface area contributed by atoms with Crippen LogP contribution in [-0.2, 0) is 13.5 Å². The summed E-state index contributed by atoms with van der Waals surface area (Å²) >= 11 is 0. The SMILES string of the molecule is CCc1nn(C)cc1C(=O)CC(=O)c1ccc(C)c(F)c1. The van der Waals surface area contributed by atoms with Crippen LogP contribution in [0.2, 0.25) is 0 Å². The number of aryl methyl sites for hydroxylation is 3. The van der Waals surface area contributed by atoms with E-state index in [9.17, 15) is 14.0 Å². The summed E-state index contributed by atoms with van der Waals surface area (Å²) in [5.41, 5.74) is 1.82. The smallest absolute Gasteiger partial charge is 0.174 e. The van der Waals surface area contributed by atoms with Crippen LogP contribution in [0.5, 0.6) is 0 Å². The van der Waals surface area contributed by atoms with E-state index < -0.39 is 5.82 Å². The molecular weight excluding hydrogens is 271 g/mol. The molecule has 4 nitrogen and oxygen atoms in total. The standard InChI is InChI=1S/C16H17FN2O2/c1-4-14-12(9-19(3)18-14)16(21)8-15(20)11-6-5-10(2)13(17)7-11/h5-7,9H,4,8H2,1-3H3. The number of aromatic nitrogens is 2. The molecule has 0 unspecified atom stereocenters. The van der Waals surface area contributed by atoms with Gasteiger partial charge in [0.1, 0.15) is 5.82 Å². The first kappa shape index (κ1) is 15.1. The highest BCUT2D eigenvalue weighted by Crippen LogP contribution is 2.15.